The summed E-state index contributed by atoms with van der Waals surface area (Å²) >= 11 is 0. The van der Waals surface area contributed by atoms with Crippen LogP contribution in [0.1, 0.15) is 23.1 Å². The first kappa shape index (κ1) is 23.6. The van der Waals surface area contributed by atoms with E-state index in [0.717, 1.165) is 38.0 Å². The number of carbonyl (C=O) groups is 1. The van der Waals surface area contributed by atoms with Gasteiger partial charge < -0.3 is 10.6 Å². The van der Waals surface area contributed by atoms with Crippen molar-refractivity contribution in [2.75, 3.05) is 13.1 Å². The molecule has 38 heavy (non-hydrogen) atoms. The van der Waals surface area contributed by atoms with Gasteiger partial charge in [0, 0.05) is 38.1 Å². The molecule has 4 heteroatoms. The molecule has 3 aliphatic heterocycles. The number of nitrogens with one attached hydrogen (secondary N) is 2. The fourth-order valence-electron chi connectivity index (χ4n) is 7.78. The molecular formula is C34H35N3O. The third kappa shape index (κ3) is 4.03. The van der Waals surface area contributed by atoms with Gasteiger partial charge in [-0.2, -0.15) is 0 Å². The van der Waals surface area contributed by atoms with E-state index in [2.05, 4.69) is 100 Å². The van der Waals surface area contributed by atoms with E-state index in [-0.39, 0.29) is 11.8 Å². The molecule has 0 aromatic heterocycles. The molecule has 5 atom stereocenters. The first-order valence-corrected chi connectivity index (χ1v) is 14.0. The molecule has 3 saturated heterocycles. The molecule has 1 saturated carbocycles. The maximum atomic E-state index is 14.1. The van der Waals surface area contributed by atoms with Gasteiger partial charge in [0.05, 0.1) is 0 Å². The zero-order valence-electron chi connectivity index (χ0n) is 21.7. The molecule has 4 aliphatic rings. The van der Waals surface area contributed by atoms with E-state index >= 15 is 0 Å². The van der Waals surface area contributed by atoms with Gasteiger partial charge in [-0.15, -0.1) is 0 Å². The van der Waals surface area contributed by atoms with Gasteiger partial charge in [-0.1, -0.05) is 103 Å². The summed E-state index contributed by atoms with van der Waals surface area (Å²) in [5.74, 6) is 1.52. The summed E-state index contributed by atoms with van der Waals surface area (Å²) in [5, 5.41) is 9.79. The van der Waals surface area contributed by atoms with E-state index in [9.17, 15) is 4.79 Å². The Morgan fingerprint density at radius 3 is 2.39 bits per heavy atom. The van der Waals surface area contributed by atoms with Crippen LogP contribution in [0.5, 0.6) is 0 Å². The summed E-state index contributed by atoms with van der Waals surface area (Å²) < 4.78 is 0. The summed E-state index contributed by atoms with van der Waals surface area (Å²) in [5.41, 5.74) is 3.31. The van der Waals surface area contributed by atoms with Crippen molar-refractivity contribution in [3.63, 3.8) is 0 Å². The van der Waals surface area contributed by atoms with Gasteiger partial charge in [-0.3, -0.25) is 9.69 Å². The lowest BCUT2D eigenvalue weighted by molar-refractivity contribution is -0.138. The van der Waals surface area contributed by atoms with Crippen molar-refractivity contribution in [1.82, 2.24) is 15.5 Å². The first-order chi connectivity index (χ1) is 18.7. The zero-order chi connectivity index (χ0) is 25.5. The maximum Gasteiger partial charge on any atom is 0.240 e. The number of carbonyl (C=O) groups excluding carboxylic acids is 1. The third-order valence-electron chi connectivity index (χ3n) is 9.47. The largest absolute Gasteiger partial charge is 0.350 e. The van der Waals surface area contributed by atoms with Crippen LogP contribution in [0.3, 0.4) is 0 Å². The molecule has 1 amide bonds. The summed E-state index contributed by atoms with van der Waals surface area (Å²) in [6.07, 6.45) is 1.82. The number of likely N-dealkylation sites (tertiary alicyclic amines) is 1. The van der Waals surface area contributed by atoms with Gasteiger partial charge >= 0.3 is 0 Å². The van der Waals surface area contributed by atoms with Crippen molar-refractivity contribution in [1.29, 1.82) is 0 Å². The van der Waals surface area contributed by atoms with E-state index in [0.29, 0.717) is 24.4 Å². The Hall–Kier alpha value is -3.47. The van der Waals surface area contributed by atoms with Crippen LogP contribution in [-0.2, 0) is 24.3 Å². The van der Waals surface area contributed by atoms with Crippen LogP contribution in [0.25, 0.3) is 10.8 Å². The molecule has 5 unspecified atom stereocenters. The summed E-state index contributed by atoms with van der Waals surface area (Å²) in [7, 11) is 0. The minimum Gasteiger partial charge on any atom is -0.350 e. The quantitative estimate of drug-likeness (QED) is 0.367. The Kier molecular flexibility index (Phi) is 6.02. The van der Waals surface area contributed by atoms with Crippen LogP contribution in [0, 0.1) is 17.8 Å². The van der Waals surface area contributed by atoms with Crippen molar-refractivity contribution in [2.24, 2.45) is 17.8 Å². The molecule has 4 nitrogen and oxygen atoms in total. The Balaban J connectivity index is 1.22. The van der Waals surface area contributed by atoms with Crippen LogP contribution in [0.2, 0.25) is 0 Å². The second kappa shape index (κ2) is 9.68. The van der Waals surface area contributed by atoms with Crippen LogP contribution in [-0.4, -0.2) is 35.5 Å². The lowest BCUT2D eigenvalue weighted by Gasteiger charge is -2.56. The minimum atomic E-state index is -0.539. The Morgan fingerprint density at radius 1 is 0.868 bits per heavy atom. The van der Waals surface area contributed by atoms with Crippen molar-refractivity contribution in [2.45, 2.75) is 37.5 Å². The predicted molar refractivity (Wildman–Crippen MR) is 152 cm³/mol. The van der Waals surface area contributed by atoms with Crippen molar-refractivity contribution >= 4 is 16.7 Å². The van der Waals surface area contributed by atoms with Gasteiger partial charge in [-0.25, -0.2) is 0 Å². The summed E-state index contributed by atoms with van der Waals surface area (Å²) in [6, 6.07) is 36.8. The molecule has 8 rings (SSSR count). The highest BCUT2D eigenvalue weighted by Crippen LogP contribution is 2.53. The van der Waals surface area contributed by atoms with Gasteiger partial charge in [-0.05, 0) is 52.1 Å². The lowest BCUT2D eigenvalue weighted by atomic mass is 9.58. The van der Waals surface area contributed by atoms with E-state index < -0.39 is 5.54 Å². The molecule has 4 fully saturated rings. The molecule has 1 aliphatic carbocycles. The fourth-order valence-corrected chi connectivity index (χ4v) is 7.78. The number of piperidine rings is 2. The van der Waals surface area contributed by atoms with E-state index in [1.807, 2.05) is 18.2 Å². The molecule has 3 heterocycles. The standard InChI is InChI=1S/C34H35N3O/c38-33(35-20-25-12-5-2-6-13-25)34-19-28-23-37(22-27-16-9-15-26-14-7-8-17-29(26)27)32(30(28)21-36-34)31(34)18-24-10-3-1-4-11-24/h1-17,28,30-32,36H,18-23H2,(H,35,38). The number of nitrogens with zero attached hydrogens (tertiary/aromatic N) is 1. The minimum absolute atomic E-state index is 0.169. The topological polar surface area (TPSA) is 44.4 Å². The second-order valence-electron chi connectivity index (χ2n) is 11.5. The fraction of sp³-hybridized carbons (Fsp3) is 0.324. The number of hydrogen-bond donors (Lipinski definition) is 2. The first-order valence-electron chi connectivity index (χ1n) is 14.0. The number of fused-ring (bicyclic) bond motifs is 2. The highest BCUT2D eigenvalue weighted by atomic mass is 16.2. The highest BCUT2D eigenvalue weighted by Gasteiger charge is 2.64. The van der Waals surface area contributed by atoms with Crippen LogP contribution < -0.4 is 10.6 Å². The molecule has 4 aromatic rings. The zero-order valence-corrected chi connectivity index (χ0v) is 21.7. The average molecular weight is 502 g/mol. The highest BCUT2D eigenvalue weighted by molar-refractivity contribution is 5.88. The van der Waals surface area contributed by atoms with E-state index in [1.165, 1.54) is 21.9 Å². The number of rotatable bonds is 7. The van der Waals surface area contributed by atoms with Crippen LogP contribution >= 0.6 is 0 Å². The van der Waals surface area contributed by atoms with Crippen LogP contribution in [0.4, 0.5) is 0 Å². The third-order valence-corrected chi connectivity index (χ3v) is 9.47. The number of hydrogen-bond acceptors (Lipinski definition) is 3. The molecule has 192 valence electrons. The predicted octanol–water partition coefficient (Wildman–Crippen LogP) is 5.18. The monoisotopic (exact) mass is 501 g/mol. The Morgan fingerprint density at radius 2 is 1.58 bits per heavy atom. The smallest absolute Gasteiger partial charge is 0.240 e. The maximum absolute atomic E-state index is 14.1. The van der Waals surface area contributed by atoms with Gasteiger partial charge in [0.2, 0.25) is 5.91 Å². The molecule has 4 bridgehead atoms. The SMILES string of the molecule is O=C(NCc1ccccc1)C12CC3CN(Cc4cccc5ccccc45)C(C3CN1)C2Cc1ccccc1. The summed E-state index contributed by atoms with van der Waals surface area (Å²) in [4.78, 5) is 16.8. The molecule has 0 radical (unpaired) electrons. The van der Waals surface area contributed by atoms with E-state index in [4.69, 9.17) is 0 Å². The van der Waals surface area contributed by atoms with Crippen molar-refractivity contribution in [3.8, 4) is 0 Å². The summed E-state index contributed by atoms with van der Waals surface area (Å²) in [6.45, 7) is 3.50. The molecule has 0 spiro atoms. The molecule has 2 N–H and O–H groups in total. The van der Waals surface area contributed by atoms with E-state index in [1.54, 1.807) is 0 Å². The normalized spacial score (nSPS) is 28.0. The van der Waals surface area contributed by atoms with Crippen LogP contribution in [0.15, 0.2) is 103 Å². The number of amides is 1. The lowest BCUT2D eigenvalue weighted by Crippen LogP contribution is -2.74. The van der Waals surface area contributed by atoms with Crippen molar-refractivity contribution < 1.29 is 4.79 Å². The van der Waals surface area contributed by atoms with Gasteiger partial charge in [0.25, 0.3) is 0 Å². The Bertz CT molecular complexity index is 1430. The average Bonchev–Trinajstić information content (AvgIpc) is 3.27. The van der Waals surface area contributed by atoms with Gasteiger partial charge in [0.15, 0.2) is 0 Å². The van der Waals surface area contributed by atoms with Gasteiger partial charge in [0.1, 0.15) is 5.54 Å². The van der Waals surface area contributed by atoms with Crippen molar-refractivity contribution in [3.05, 3.63) is 120 Å². The number of benzene rings is 4. The molecule has 4 aromatic carbocycles. The molecular weight excluding hydrogens is 466 g/mol. The second-order valence-corrected chi connectivity index (χ2v) is 11.5. The Labute approximate surface area is 225 Å².